The van der Waals surface area contributed by atoms with Crippen LogP contribution >= 0.6 is 15.9 Å². The molecule has 0 fully saturated rings. The van der Waals surface area contributed by atoms with E-state index in [9.17, 15) is 4.79 Å². The molecule has 1 aromatic carbocycles. The van der Waals surface area contributed by atoms with Gasteiger partial charge in [0.15, 0.2) is 0 Å². The van der Waals surface area contributed by atoms with E-state index in [1.807, 2.05) is 45.0 Å². The van der Waals surface area contributed by atoms with Crippen LogP contribution in [0.4, 0.5) is 0 Å². The number of benzene rings is 1. The predicted molar refractivity (Wildman–Crippen MR) is 70.6 cm³/mol. The van der Waals surface area contributed by atoms with Gasteiger partial charge in [0.05, 0.1) is 0 Å². The summed E-state index contributed by atoms with van der Waals surface area (Å²) in [7, 11) is 0. The summed E-state index contributed by atoms with van der Waals surface area (Å²) in [6.07, 6.45) is 1.99. The topological polar surface area (TPSA) is 29.1 Å². The summed E-state index contributed by atoms with van der Waals surface area (Å²) in [5, 5.41) is 2.85. The van der Waals surface area contributed by atoms with Crippen molar-refractivity contribution >= 4 is 21.8 Å². The zero-order valence-electron chi connectivity index (χ0n) is 9.80. The fourth-order valence-corrected chi connectivity index (χ4v) is 1.93. The molecule has 0 bridgehead atoms. The third kappa shape index (κ3) is 4.19. The van der Waals surface area contributed by atoms with Crippen LogP contribution in [0.2, 0.25) is 0 Å². The van der Waals surface area contributed by atoms with Crippen molar-refractivity contribution in [3.63, 3.8) is 0 Å². The Bertz CT molecular complexity index is 400. The Kier molecular flexibility index (Phi) is 4.74. The second kappa shape index (κ2) is 5.85. The van der Waals surface area contributed by atoms with E-state index in [-0.39, 0.29) is 5.91 Å². The first-order chi connectivity index (χ1) is 7.49. The zero-order chi connectivity index (χ0) is 12.1. The molecule has 0 aliphatic carbocycles. The van der Waals surface area contributed by atoms with Crippen molar-refractivity contribution in [1.82, 2.24) is 5.32 Å². The number of carbonyl (C=O) groups excluding carboxylic acids is 1. The molecule has 86 valence electrons. The second-order valence-electron chi connectivity index (χ2n) is 4.01. The quantitative estimate of drug-likeness (QED) is 0.845. The Hall–Kier alpha value is -1.09. The van der Waals surface area contributed by atoms with Gasteiger partial charge in [-0.25, -0.2) is 0 Å². The molecule has 1 amide bonds. The van der Waals surface area contributed by atoms with Crippen molar-refractivity contribution in [2.75, 3.05) is 6.54 Å². The van der Waals surface area contributed by atoms with E-state index in [0.717, 1.165) is 10.0 Å². The van der Waals surface area contributed by atoms with Crippen LogP contribution in [0.3, 0.4) is 0 Å². The van der Waals surface area contributed by atoms with Crippen molar-refractivity contribution < 1.29 is 4.79 Å². The average Bonchev–Trinajstić information content (AvgIpc) is 2.15. The highest BCUT2D eigenvalue weighted by molar-refractivity contribution is 9.10. The van der Waals surface area contributed by atoms with E-state index >= 15 is 0 Å². The Balaban J connectivity index is 2.69. The van der Waals surface area contributed by atoms with Crippen LogP contribution < -0.4 is 5.32 Å². The van der Waals surface area contributed by atoms with E-state index in [1.54, 1.807) is 0 Å². The van der Waals surface area contributed by atoms with Crippen LogP contribution in [0.5, 0.6) is 0 Å². The third-order valence-electron chi connectivity index (χ3n) is 2.08. The van der Waals surface area contributed by atoms with Crippen LogP contribution in [0.1, 0.15) is 29.8 Å². The lowest BCUT2D eigenvalue weighted by molar-refractivity contribution is 0.0958. The van der Waals surface area contributed by atoms with Gasteiger partial charge in [-0.2, -0.15) is 0 Å². The van der Waals surface area contributed by atoms with E-state index < -0.39 is 0 Å². The van der Waals surface area contributed by atoms with Crippen molar-refractivity contribution in [2.24, 2.45) is 0 Å². The normalized spacial score (nSPS) is 9.75. The zero-order valence-corrected chi connectivity index (χ0v) is 11.4. The molecule has 0 saturated heterocycles. The first-order valence-electron chi connectivity index (χ1n) is 5.18. The molecular formula is C13H16BrNO. The molecule has 0 aliphatic heterocycles. The number of hydrogen-bond acceptors (Lipinski definition) is 1. The number of halogens is 1. The summed E-state index contributed by atoms with van der Waals surface area (Å²) < 4.78 is 0.930. The predicted octanol–water partition coefficient (Wildman–Crippen LogP) is 3.45. The Labute approximate surface area is 105 Å². The van der Waals surface area contributed by atoms with E-state index in [4.69, 9.17) is 0 Å². The number of rotatable bonds is 3. The first kappa shape index (κ1) is 13.0. The molecule has 1 rings (SSSR count). The first-order valence-corrected chi connectivity index (χ1v) is 5.97. The van der Waals surface area contributed by atoms with Gasteiger partial charge in [-0.3, -0.25) is 4.79 Å². The molecule has 16 heavy (non-hydrogen) atoms. The lowest BCUT2D eigenvalue weighted by Crippen LogP contribution is -2.23. The van der Waals surface area contributed by atoms with Gasteiger partial charge in [-0.15, -0.1) is 0 Å². The number of carbonyl (C=O) groups is 1. The van der Waals surface area contributed by atoms with Crippen molar-refractivity contribution in [3.8, 4) is 0 Å². The van der Waals surface area contributed by atoms with Crippen molar-refractivity contribution in [3.05, 3.63) is 45.4 Å². The molecular weight excluding hydrogens is 266 g/mol. The van der Waals surface area contributed by atoms with Gasteiger partial charge in [0, 0.05) is 16.6 Å². The summed E-state index contributed by atoms with van der Waals surface area (Å²) in [5.74, 6) is -0.0399. The van der Waals surface area contributed by atoms with Gasteiger partial charge in [0.25, 0.3) is 5.91 Å². The van der Waals surface area contributed by atoms with Gasteiger partial charge >= 0.3 is 0 Å². The summed E-state index contributed by atoms with van der Waals surface area (Å²) in [4.78, 5) is 11.8. The molecule has 0 atom stereocenters. The summed E-state index contributed by atoms with van der Waals surface area (Å²) in [5.41, 5.74) is 2.96. The number of amides is 1. The average molecular weight is 282 g/mol. The number of nitrogens with one attached hydrogen (secondary N) is 1. The Morgan fingerprint density at radius 1 is 1.38 bits per heavy atom. The molecule has 2 nitrogen and oxygen atoms in total. The molecule has 1 N–H and O–H groups in total. The summed E-state index contributed by atoms with van der Waals surface area (Å²) >= 11 is 3.38. The number of allylic oxidation sites excluding steroid dienone is 1. The molecule has 0 aromatic heterocycles. The molecule has 0 saturated carbocycles. The molecule has 0 unspecified atom stereocenters. The van der Waals surface area contributed by atoms with Gasteiger partial charge in [-0.1, -0.05) is 27.6 Å². The van der Waals surface area contributed by atoms with E-state index in [2.05, 4.69) is 21.2 Å². The molecule has 0 aliphatic rings. The highest BCUT2D eigenvalue weighted by Crippen LogP contribution is 2.15. The highest BCUT2D eigenvalue weighted by atomic mass is 79.9. The van der Waals surface area contributed by atoms with Crippen molar-refractivity contribution in [2.45, 2.75) is 20.8 Å². The van der Waals surface area contributed by atoms with Crippen LogP contribution in [0, 0.1) is 6.92 Å². The SMILES string of the molecule is CC(C)=CCNC(=O)c1cc(C)cc(Br)c1. The number of hydrogen-bond donors (Lipinski definition) is 1. The number of aryl methyl sites for hydroxylation is 1. The molecule has 3 heteroatoms. The molecule has 0 spiro atoms. The lowest BCUT2D eigenvalue weighted by Gasteiger charge is -2.04. The monoisotopic (exact) mass is 281 g/mol. The van der Waals surface area contributed by atoms with Gasteiger partial charge in [-0.05, 0) is 44.5 Å². The minimum Gasteiger partial charge on any atom is -0.349 e. The maximum absolute atomic E-state index is 11.8. The molecule has 0 radical (unpaired) electrons. The van der Waals surface area contributed by atoms with E-state index in [0.29, 0.717) is 12.1 Å². The fourth-order valence-electron chi connectivity index (χ4n) is 1.32. The smallest absolute Gasteiger partial charge is 0.251 e. The Morgan fingerprint density at radius 2 is 2.06 bits per heavy atom. The third-order valence-corrected chi connectivity index (χ3v) is 2.54. The van der Waals surface area contributed by atoms with Crippen LogP contribution in [-0.4, -0.2) is 12.5 Å². The maximum Gasteiger partial charge on any atom is 0.251 e. The Morgan fingerprint density at radius 3 is 2.62 bits per heavy atom. The minimum atomic E-state index is -0.0399. The van der Waals surface area contributed by atoms with Gasteiger partial charge in [0.2, 0.25) is 0 Å². The highest BCUT2D eigenvalue weighted by Gasteiger charge is 2.05. The van der Waals surface area contributed by atoms with E-state index in [1.165, 1.54) is 5.57 Å². The summed E-state index contributed by atoms with van der Waals surface area (Å²) in [6.45, 7) is 6.56. The minimum absolute atomic E-state index is 0.0399. The fraction of sp³-hybridized carbons (Fsp3) is 0.308. The summed E-state index contributed by atoms with van der Waals surface area (Å²) in [6, 6.07) is 5.68. The standard InChI is InChI=1S/C13H16BrNO/c1-9(2)4-5-15-13(16)11-6-10(3)7-12(14)8-11/h4,6-8H,5H2,1-3H3,(H,15,16). The van der Waals surface area contributed by atoms with Gasteiger partial charge < -0.3 is 5.32 Å². The van der Waals surface area contributed by atoms with Crippen LogP contribution in [0.15, 0.2) is 34.3 Å². The lowest BCUT2D eigenvalue weighted by atomic mass is 10.1. The molecule has 1 aromatic rings. The van der Waals surface area contributed by atoms with Crippen LogP contribution in [-0.2, 0) is 0 Å². The molecule has 0 heterocycles. The second-order valence-corrected chi connectivity index (χ2v) is 4.92. The van der Waals surface area contributed by atoms with Gasteiger partial charge in [0.1, 0.15) is 0 Å². The van der Waals surface area contributed by atoms with Crippen molar-refractivity contribution in [1.29, 1.82) is 0 Å². The largest absolute Gasteiger partial charge is 0.349 e. The van der Waals surface area contributed by atoms with Crippen LogP contribution in [0.25, 0.3) is 0 Å². The maximum atomic E-state index is 11.8.